The topological polar surface area (TPSA) is 41.6 Å². The predicted octanol–water partition coefficient (Wildman–Crippen LogP) is 1.83. The number of nitrogens with two attached hydrogens (primary N) is 1. The fraction of sp³-hybridized carbons (Fsp3) is 0.900. The molecule has 0 aromatic rings. The Hall–Kier alpha value is -0.730. The van der Waals surface area contributed by atoms with E-state index in [4.69, 9.17) is 5.73 Å². The van der Waals surface area contributed by atoms with Crippen LogP contribution in [0.25, 0.3) is 0 Å². The maximum atomic E-state index is 5.84. The van der Waals surface area contributed by atoms with E-state index in [1.165, 1.54) is 0 Å². The summed E-state index contributed by atoms with van der Waals surface area (Å²) >= 11 is 0. The molecule has 0 fully saturated rings. The Labute approximate surface area is 82.0 Å². The van der Waals surface area contributed by atoms with Gasteiger partial charge in [0.1, 0.15) is 0 Å². The zero-order valence-corrected chi connectivity index (χ0v) is 9.59. The summed E-state index contributed by atoms with van der Waals surface area (Å²) in [5.74, 6) is 0.647. The highest BCUT2D eigenvalue weighted by atomic mass is 15.3. The number of hydrogen-bond acceptors (Lipinski definition) is 1. The van der Waals surface area contributed by atoms with Crippen LogP contribution in [0, 0.1) is 0 Å². The smallest absolute Gasteiger partial charge is 0.191 e. The zero-order valence-electron chi connectivity index (χ0n) is 9.59. The lowest BCUT2D eigenvalue weighted by Crippen LogP contribution is -2.48. The molecule has 2 N–H and O–H groups in total. The number of guanidine groups is 1. The molecule has 0 aliphatic rings. The second-order valence-electron chi connectivity index (χ2n) is 3.96. The van der Waals surface area contributed by atoms with Gasteiger partial charge in [-0.25, -0.2) is 0 Å². The van der Waals surface area contributed by atoms with E-state index in [-0.39, 0.29) is 5.54 Å². The van der Waals surface area contributed by atoms with Gasteiger partial charge in [0, 0.05) is 19.1 Å². The Bertz CT molecular complexity index is 173. The van der Waals surface area contributed by atoms with Crippen LogP contribution >= 0.6 is 0 Å². The summed E-state index contributed by atoms with van der Waals surface area (Å²) in [6.07, 6.45) is 2.10. The minimum atomic E-state index is 0.0985. The molecule has 0 aromatic heterocycles. The second kappa shape index (κ2) is 5.10. The third-order valence-electron chi connectivity index (χ3n) is 2.61. The first-order chi connectivity index (χ1) is 5.95. The van der Waals surface area contributed by atoms with E-state index in [9.17, 15) is 0 Å². The molecule has 3 heteroatoms. The molecule has 0 amide bonds. The lowest BCUT2D eigenvalue weighted by atomic mass is 10.0. The molecule has 0 aliphatic carbocycles. The first-order valence-electron chi connectivity index (χ1n) is 4.99. The molecule has 0 saturated carbocycles. The third-order valence-corrected chi connectivity index (χ3v) is 2.61. The standard InChI is InChI=1S/C10H23N3/c1-6-8-12-9(11)13(5)10(3,4)7-2/h6-8H2,1-5H3,(H2,11,12). The first kappa shape index (κ1) is 12.3. The molecule has 0 aliphatic heterocycles. The molecule has 0 bridgehead atoms. The second-order valence-corrected chi connectivity index (χ2v) is 3.96. The molecule has 78 valence electrons. The van der Waals surface area contributed by atoms with Crippen LogP contribution in [0.1, 0.15) is 40.5 Å². The van der Waals surface area contributed by atoms with Crippen molar-refractivity contribution >= 4 is 5.96 Å². The van der Waals surface area contributed by atoms with E-state index in [2.05, 4.69) is 32.7 Å². The van der Waals surface area contributed by atoms with Crippen LogP contribution in [0.2, 0.25) is 0 Å². The Morgan fingerprint density at radius 1 is 1.38 bits per heavy atom. The van der Waals surface area contributed by atoms with Crippen molar-refractivity contribution in [1.29, 1.82) is 0 Å². The summed E-state index contributed by atoms with van der Waals surface area (Å²) in [4.78, 5) is 6.32. The molecular weight excluding hydrogens is 162 g/mol. The average Bonchev–Trinajstić information content (AvgIpc) is 2.12. The highest BCUT2D eigenvalue weighted by molar-refractivity contribution is 5.78. The van der Waals surface area contributed by atoms with Crippen molar-refractivity contribution in [3.8, 4) is 0 Å². The highest BCUT2D eigenvalue weighted by Gasteiger charge is 2.22. The van der Waals surface area contributed by atoms with Crippen molar-refractivity contribution in [3.05, 3.63) is 0 Å². The first-order valence-corrected chi connectivity index (χ1v) is 4.99. The molecule has 0 unspecified atom stereocenters. The molecule has 0 aromatic carbocycles. The summed E-state index contributed by atoms with van der Waals surface area (Å²) < 4.78 is 0. The summed E-state index contributed by atoms with van der Waals surface area (Å²) in [6, 6.07) is 0. The van der Waals surface area contributed by atoms with Gasteiger partial charge >= 0.3 is 0 Å². The van der Waals surface area contributed by atoms with E-state index in [1.54, 1.807) is 0 Å². The van der Waals surface area contributed by atoms with Gasteiger partial charge < -0.3 is 10.6 Å². The summed E-state index contributed by atoms with van der Waals surface area (Å²) in [7, 11) is 2.00. The fourth-order valence-electron chi connectivity index (χ4n) is 0.880. The molecule has 0 radical (unpaired) electrons. The van der Waals surface area contributed by atoms with Gasteiger partial charge in [-0.1, -0.05) is 13.8 Å². The van der Waals surface area contributed by atoms with Crippen molar-refractivity contribution < 1.29 is 0 Å². The van der Waals surface area contributed by atoms with Gasteiger partial charge in [-0.05, 0) is 26.7 Å². The molecule has 0 spiro atoms. The molecule has 13 heavy (non-hydrogen) atoms. The number of rotatable bonds is 4. The van der Waals surface area contributed by atoms with E-state index >= 15 is 0 Å². The van der Waals surface area contributed by atoms with E-state index in [0.29, 0.717) is 5.96 Å². The minimum Gasteiger partial charge on any atom is -0.370 e. The molecule has 0 rings (SSSR count). The summed E-state index contributed by atoms with van der Waals surface area (Å²) in [6.45, 7) is 9.41. The number of hydrogen-bond donors (Lipinski definition) is 1. The van der Waals surface area contributed by atoms with Crippen molar-refractivity contribution in [3.63, 3.8) is 0 Å². The summed E-state index contributed by atoms with van der Waals surface area (Å²) in [5, 5.41) is 0. The van der Waals surface area contributed by atoms with Crippen molar-refractivity contribution in [1.82, 2.24) is 4.90 Å². The van der Waals surface area contributed by atoms with Crippen molar-refractivity contribution in [2.75, 3.05) is 13.6 Å². The summed E-state index contributed by atoms with van der Waals surface area (Å²) in [5.41, 5.74) is 5.94. The molecular formula is C10H23N3. The van der Waals surface area contributed by atoms with Crippen LogP contribution in [0.5, 0.6) is 0 Å². The van der Waals surface area contributed by atoms with E-state index in [1.807, 2.05) is 11.9 Å². The Balaban J connectivity index is 4.32. The lowest BCUT2D eigenvalue weighted by Gasteiger charge is -2.35. The van der Waals surface area contributed by atoms with Gasteiger partial charge in [0.2, 0.25) is 0 Å². The van der Waals surface area contributed by atoms with E-state index < -0.39 is 0 Å². The Morgan fingerprint density at radius 2 is 1.92 bits per heavy atom. The van der Waals surface area contributed by atoms with Gasteiger partial charge in [0.05, 0.1) is 0 Å². The van der Waals surface area contributed by atoms with Crippen LogP contribution in [-0.2, 0) is 0 Å². The largest absolute Gasteiger partial charge is 0.370 e. The lowest BCUT2D eigenvalue weighted by molar-refractivity contribution is 0.243. The zero-order chi connectivity index (χ0) is 10.5. The van der Waals surface area contributed by atoms with Crippen LogP contribution in [-0.4, -0.2) is 30.0 Å². The number of nitrogens with zero attached hydrogens (tertiary/aromatic N) is 2. The van der Waals surface area contributed by atoms with Gasteiger partial charge in [-0.3, -0.25) is 4.99 Å². The minimum absolute atomic E-state index is 0.0985. The van der Waals surface area contributed by atoms with Crippen molar-refractivity contribution in [2.45, 2.75) is 46.1 Å². The van der Waals surface area contributed by atoms with Gasteiger partial charge in [-0.2, -0.15) is 0 Å². The highest BCUT2D eigenvalue weighted by Crippen LogP contribution is 2.15. The maximum Gasteiger partial charge on any atom is 0.191 e. The van der Waals surface area contributed by atoms with Crippen LogP contribution in [0.3, 0.4) is 0 Å². The Morgan fingerprint density at radius 3 is 2.31 bits per heavy atom. The molecule has 0 saturated heterocycles. The molecule has 3 nitrogen and oxygen atoms in total. The fourth-order valence-corrected chi connectivity index (χ4v) is 0.880. The Kier molecular flexibility index (Phi) is 4.81. The van der Waals surface area contributed by atoms with Crippen molar-refractivity contribution in [2.24, 2.45) is 10.7 Å². The quantitative estimate of drug-likeness (QED) is 0.536. The van der Waals surface area contributed by atoms with E-state index in [0.717, 1.165) is 19.4 Å². The average molecular weight is 185 g/mol. The van der Waals surface area contributed by atoms with Gasteiger partial charge in [-0.15, -0.1) is 0 Å². The SMILES string of the molecule is CCCN=C(N)N(C)C(C)(C)CC. The van der Waals surface area contributed by atoms with Crippen LogP contribution in [0.15, 0.2) is 4.99 Å². The van der Waals surface area contributed by atoms with Gasteiger partial charge in [0.25, 0.3) is 0 Å². The van der Waals surface area contributed by atoms with Crippen LogP contribution in [0.4, 0.5) is 0 Å². The maximum absolute atomic E-state index is 5.84. The third kappa shape index (κ3) is 3.66. The monoisotopic (exact) mass is 185 g/mol. The normalized spacial score (nSPS) is 13.2. The molecule has 0 atom stereocenters. The van der Waals surface area contributed by atoms with Crippen LogP contribution < -0.4 is 5.73 Å². The molecule has 0 heterocycles. The number of aliphatic imine (C=N–C) groups is 1. The predicted molar refractivity (Wildman–Crippen MR) is 58.9 cm³/mol. The van der Waals surface area contributed by atoms with Gasteiger partial charge in [0.15, 0.2) is 5.96 Å².